The van der Waals surface area contributed by atoms with E-state index in [4.69, 9.17) is 28.4 Å². The molecule has 2 saturated heterocycles. The van der Waals surface area contributed by atoms with Gasteiger partial charge in [-0.25, -0.2) is 0 Å². The second kappa shape index (κ2) is 16.0. The van der Waals surface area contributed by atoms with Crippen LogP contribution in [0.2, 0.25) is 0 Å². The Bertz CT molecular complexity index is 1630. The van der Waals surface area contributed by atoms with Crippen molar-refractivity contribution in [3.63, 3.8) is 0 Å². The van der Waals surface area contributed by atoms with Crippen LogP contribution in [0.15, 0.2) is 24.5 Å². The van der Waals surface area contributed by atoms with Crippen molar-refractivity contribution in [3.05, 3.63) is 24.5 Å². The van der Waals surface area contributed by atoms with Crippen LogP contribution in [0.3, 0.4) is 0 Å². The van der Waals surface area contributed by atoms with Crippen molar-refractivity contribution in [1.82, 2.24) is 0 Å². The van der Waals surface area contributed by atoms with E-state index >= 15 is 0 Å². The van der Waals surface area contributed by atoms with Gasteiger partial charge in [0.05, 0.1) is 24.6 Å². The average Bonchev–Trinajstić information content (AvgIpc) is 3.57. The number of fused-ring (bicyclic) bond motifs is 7. The summed E-state index contributed by atoms with van der Waals surface area (Å²) in [6.07, 6.45) is 8.17. The van der Waals surface area contributed by atoms with E-state index in [1.54, 1.807) is 0 Å². The summed E-state index contributed by atoms with van der Waals surface area (Å²) in [5.74, 6) is 2.07. The van der Waals surface area contributed by atoms with Crippen LogP contribution >= 0.6 is 0 Å². The predicted molar refractivity (Wildman–Crippen MR) is 228 cm³/mol. The van der Waals surface area contributed by atoms with Gasteiger partial charge in [-0.3, -0.25) is 9.59 Å². The zero-order valence-electron chi connectivity index (χ0n) is 38.8. The number of aliphatic hydroxyl groups is 1. The second-order valence-corrected chi connectivity index (χ2v) is 22.2. The van der Waals surface area contributed by atoms with E-state index in [1.807, 2.05) is 13.8 Å². The molecule has 0 aromatic carbocycles. The number of rotatable bonds is 9. The first-order valence-corrected chi connectivity index (χ1v) is 23.6. The van der Waals surface area contributed by atoms with Gasteiger partial charge >= 0.3 is 11.9 Å². The molecule has 3 unspecified atom stereocenters. The van der Waals surface area contributed by atoms with Crippen LogP contribution in [0.25, 0.3) is 0 Å². The Balaban J connectivity index is 1.14. The molecule has 2 aliphatic heterocycles. The first kappa shape index (κ1) is 45.1. The summed E-state index contributed by atoms with van der Waals surface area (Å²) >= 11 is 0. The van der Waals surface area contributed by atoms with Gasteiger partial charge in [0.2, 0.25) is 0 Å². The molecule has 9 nitrogen and oxygen atoms in total. The van der Waals surface area contributed by atoms with E-state index in [0.717, 1.165) is 44.9 Å². The summed E-state index contributed by atoms with van der Waals surface area (Å²) < 4.78 is 38.8. The molecule has 334 valence electrons. The number of aliphatic hydroxyl groups excluding tert-OH is 1. The fourth-order valence-corrected chi connectivity index (χ4v) is 15.7. The minimum atomic E-state index is -0.961. The van der Waals surface area contributed by atoms with Gasteiger partial charge in [0.25, 0.3) is 0 Å². The molecule has 0 radical (unpaired) electrons. The third kappa shape index (κ3) is 6.99. The summed E-state index contributed by atoms with van der Waals surface area (Å²) in [4.78, 5) is 24.7. The fourth-order valence-electron chi connectivity index (χ4n) is 15.7. The maximum atomic E-state index is 12.4. The van der Waals surface area contributed by atoms with Gasteiger partial charge in [-0.15, -0.1) is 0 Å². The molecule has 7 aliphatic rings. The summed E-state index contributed by atoms with van der Waals surface area (Å²) in [7, 11) is 0. The average molecular weight is 825 g/mol. The van der Waals surface area contributed by atoms with Gasteiger partial charge in [-0.2, -0.15) is 0 Å². The molecule has 7 fully saturated rings. The van der Waals surface area contributed by atoms with E-state index in [0.29, 0.717) is 42.0 Å². The molecule has 5 aliphatic carbocycles. The molecule has 1 N–H and O–H groups in total. The first-order chi connectivity index (χ1) is 27.6. The monoisotopic (exact) mass is 825 g/mol. The van der Waals surface area contributed by atoms with Gasteiger partial charge in [-0.1, -0.05) is 74.1 Å². The van der Waals surface area contributed by atoms with Gasteiger partial charge in [0.1, 0.15) is 12.2 Å². The minimum absolute atomic E-state index is 0.0245. The lowest BCUT2D eigenvalue weighted by Gasteiger charge is -2.73. The molecule has 0 amide bonds. The lowest BCUT2D eigenvalue weighted by Crippen LogP contribution is -2.67. The highest BCUT2D eigenvalue weighted by molar-refractivity contribution is 5.67. The van der Waals surface area contributed by atoms with Crippen LogP contribution in [0, 0.1) is 74.4 Å². The lowest BCUT2D eigenvalue weighted by atomic mass is 9.32. The lowest BCUT2D eigenvalue weighted by molar-refractivity contribution is -0.353. The Hall–Kier alpha value is -1.94. The van der Waals surface area contributed by atoms with Gasteiger partial charge < -0.3 is 33.5 Å². The third-order valence-electron chi connectivity index (χ3n) is 19.7. The van der Waals surface area contributed by atoms with Crippen molar-refractivity contribution in [1.29, 1.82) is 0 Å². The zero-order valence-corrected chi connectivity index (χ0v) is 38.8. The number of allylic oxidation sites excluding steroid dienone is 2. The summed E-state index contributed by atoms with van der Waals surface area (Å²) in [5.41, 5.74) is 1.59. The van der Waals surface area contributed by atoms with Crippen molar-refractivity contribution < 1.29 is 43.1 Å². The van der Waals surface area contributed by atoms with Crippen molar-refractivity contribution in [3.8, 4) is 0 Å². The third-order valence-corrected chi connectivity index (χ3v) is 19.7. The van der Waals surface area contributed by atoms with Gasteiger partial charge in [0, 0.05) is 25.2 Å². The molecule has 9 heteroatoms. The Morgan fingerprint density at radius 2 is 1.41 bits per heavy atom. The van der Waals surface area contributed by atoms with E-state index in [-0.39, 0.29) is 57.0 Å². The number of hydrogen-bond acceptors (Lipinski definition) is 9. The molecule has 0 aromatic heterocycles. The number of carbonyl (C=O) groups is 2. The summed E-state index contributed by atoms with van der Waals surface area (Å²) in [6.45, 7) is 35.3. The Morgan fingerprint density at radius 3 is 2.03 bits per heavy atom. The highest BCUT2D eigenvalue weighted by Gasteiger charge is 2.72. The molecule has 59 heavy (non-hydrogen) atoms. The molecule has 2 heterocycles. The number of ether oxygens (including phenoxy) is 6. The highest BCUT2D eigenvalue weighted by atomic mass is 16.8. The SMILES string of the molecule is C=C(C)[C@@H]1CC[C@]2(C(=C)O)CC[C@]3(C)C(CCC4[C@@]5(C)CC[C@H](O[C@@H]6OC[C@H](C)[C@H](C)[C@H]6O[C@@H]6O[C@@H](C)[C@H](C)[C@@H](OC(C)=O)[C@H]6OC(C)=O)[C@@](C)(CC)[C@@H]5CC[C@]43C)C12. The highest BCUT2D eigenvalue weighted by Crippen LogP contribution is 2.78. The molecule has 0 spiro atoms. The quantitative estimate of drug-likeness (QED) is 0.105. The largest absolute Gasteiger partial charge is 0.512 e. The van der Waals surface area contributed by atoms with E-state index < -0.39 is 42.8 Å². The molecule has 0 bridgehead atoms. The molecule has 5 saturated carbocycles. The number of hydrogen-bond donors (Lipinski definition) is 1. The normalized spacial score (nSPS) is 51.9. The van der Waals surface area contributed by atoms with Crippen LogP contribution in [-0.4, -0.2) is 66.8 Å². The Labute approximate surface area is 356 Å². The standard InChI is InChI=1S/C50H80O9/c1-15-46(11)37-19-22-49(14)38(17-16-36-40-35(27(2)3)18-23-50(40,32(8)51)25-24-48(36,49)13)47(37,12)21-20-39(46)58-44-42(29(5)28(4)26-54-44)59-45-43(57-34(10)53)41(56-33(9)52)30(6)31(7)55-45/h28-31,35-45,51H,2,8,15-26H2,1,3-7,9-14H3/t28-,29-,30-,31-,35-,36?,37-,38?,39-,40?,41+,42+,43+,44-,45-,46-,47-,48+,49+,50+/m0/s1. The molecular formula is C50H80O9. The van der Waals surface area contributed by atoms with Crippen LogP contribution in [-0.2, 0) is 38.0 Å². The van der Waals surface area contributed by atoms with Crippen LogP contribution in [0.5, 0.6) is 0 Å². The molecule has 7 rings (SSSR count). The number of esters is 2. The molecule has 20 atom stereocenters. The smallest absolute Gasteiger partial charge is 0.303 e. The van der Waals surface area contributed by atoms with Gasteiger partial charge in [0.15, 0.2) is 18.7 Å². The molecular weight excluding hydrogens is 745 g/mol. The maximum Gasteiger partial charge on any atom is 0.303 e. The van der Waals surface area contributed by atoms with E-state index in [9.17, 15) is 14.7 Å². The van der Waals surface area contributed by atoms with E-state index in [2.05, 4.69) is 68.5 Å². The topological polar surface area (TPSA) is 110 Å². The fraction of sp³-hybridized carbons (Fsp3) is 0.880. The number of carbonyl (C=O) groups excluding carboxylic acids is 2. The first-order valence-electron chi connectivity index (χ1n) is 23.6. The van der Waals surface area contributed by atoms with E-state index in [1.165, 1.54) is 45.1 Å². The van der Waals surface area contributed by atoms with Crippen LogP contribution in [0.1, 0.15) is 154 Å². The summed E-state index contributed by atoms with van der Waals surface area (Å²) in [5, 5.41) is 11.3. The second-order valence-electron chi connectivity index (χ2n) is 22.2. The van der Waals surface area contributed by atoms with Crippen LogP contribution in [0.4, 0.5) is 0 Å². The van der Waals surface area contributed by atoms with Crippen molar-refractivity contribution in [2.75, 3.05) is 6.61 Å². The van der Waals surface area contributed by atoms with Crippen molar-refractivity contribution in [2.24, 2.45) is 74.4 Å². The maximum absolute atomic E-state index is 12.4. The van der Waals surface area contributed by atoms with Gasteiger partial charge in [-0.05, 0) is 148 Å². The molecule has 0 aromatic rings. The summed E-state index contributed by atoms with van der Waals surface area (Å²) in [6, 6.07) is 0. The predicted octanol–water partition coefficient (Wildman–Crippen LogP) is 10.7. The minimum Gasteiger partial charge on any atom is -0.512 e. The van der Waals surface area contributed by atoms with Crippen LogP contribution < -0.4 is 0 Å². The Kier molecular flexibility index (Phi) is 12.2. The van der Waals surface area contributed by atoms with Crippen molar-refractivity contribution >= 4 is 11.9 Å². The zero-order chi connectivity index (χ0) is 43.2. The van der Waals surface area contributed by atoms with Crippen molar-refractivity contribution in [2.45, 2.75) is 197 Å². The Morgan fingerprint density at radius 1 is 0.729 bits per heavy atom.